The first kappa shape index (κ1) is 15.6. The minimum Gasteiger partial charge on any atom is -0.369 e. The van der Waals surface area contributed by atoms with E-state index in [2.05, 4.69) is 19.7 Å². The van der Waals surface area contributed by atoms with E-state index < -0.39 is 19.3 Å². The molecule has 1 atom stereocenters. The van der Waals surface area contributed by atoms with Crippen molar-refractivity contribution in [1.82, 2.24) is 19.5 Å². The smallest absolute Gasteiger partial charge is 0.369 e. The fourth-order valence-electron chi connectivity index (χ4n) is 1.70. The Bertz CT molecular complexity index is 740. The Labute approximate surface area is 116 Å². The van der Waals surface area contributed by atoms with Gasteiger partial charge in [-0.05, 0) is 6.42 Å². The summed E-state index contributed by atoms with van der Waals surface area (Å²) in [6.07, 6.45) is -1.16. The third-order valence-electron chi connectivity index (χ3n) is 2.63. The molecule has 0 saturated heterocycles. The normalized spacial score (nSPS) is 13.7. The number of rotatable bonds is 6. The summed E-state index contributed by atoms with van der Waals surface area (Å²) in [5, 5.41) is 0. The van der Waals surface area contributed by atoms with E-state index in [1.54, 1.807) is 0 Å². The first-order valence-electron chi connectivity index (χ1n) is 5.81. The Kier molecular flexibility index (Phi) is 4.37. The molecule has 2 rings (SSSR count). The summed E-state index contributed by atoms with van der Waals surface area (Å²) in [5.41, 5.74) is 5.55. The molecule has 0 aliphatic heterocycles. The maximum absolute atomic E-state index is 12.9. The summed E-state index contributed by atoms with van der Waals surface area (Å²) < 4.78 is 29.2. The van der Waals surface area contributed by atoms with Crippen LogP contribution in [-0.4, -0.2) is 42.0 Å². The zero-order valence-electron chi connectivity index (χ0n) is 10.6. The monoisotopic (exact) mass is 321 g/mol. The number of alkyl halides is 1. The number of aryl methyl sites for hydroxylation is 1. The molecule has 0 fully saturated rings. The number of fused-ring (bicyclic) bond motifs is 1. The lowest BCUT2D eigenvalue weighted by Gasteiger charge is -2.12. The molecule has 0 radical (unpaired) electrons. The number of hydrogen-bond donors (Lipinski definition) is 4. The van der Waals surface area contributed by atoms with Gasteiger partial charge in [0, 0.05) is 6.54 Å². The van der Waals surface area contributed by atoms with E-state index in [9.17, 15) is 13.8 Å². The first-order valence-corrected chi connectivity index (χ1v) is 7.49. The van der Waals surface area contributed by atoms with Gasteiger partial charge < -0.3 is 25.2 Å². The molecule has 2 aromatic heterocycles. The summed E-state index contributed by atoms with van der Waals surface area (Å²) in [5.74, 6) is -0.0635. The predicted octanol–water partition coefficient (Wildman–Crippen LogP) is -0.461. The molecule has 0 aliphatic rings. The largest absolute Gasteiger partial charge is 0.386 e. The van der Waals surface area contributed by atoms with E-state index in [4.69, 9.17) is 15.5 Å². The fraction of sp³-hybridized carbons (Fsp3) is 0.444. The van der Waals surface area contributed by atoms with Crippen molar-refractivity contribution < 1.29 is 23.5 Å². The fourth-order valence-corrected chi connectivity index (χ4v) is 2.00. The van der Waals surface area contributed by atoms with E-state index in [-0.39, 0.29) is 31.0 Å². The molecule has 0 spiro atoms. The topological polar surface area (TPSA) is 156 Å². The van der Waals surface area contributed by atoms with Crippen molar-refractivity contribution in [2.75, 3.05) is 12.3 Å². The van der Waals surface area contributed by atoms with Crippen molar-refractivity contribution in [3.63, 3.8) is 0 Å². The van der Waals surface area contributed by atoms with Gasteiger partial charge in [0.05, 0.1) is 12.9 Å². The zero-order chi connectivity index (χ0) is 15.6. The maximum Gasteiger partial charge on any atom is 0.386 e. The van der Waals surface area contributed by atoms with E-state index >= 15 is 0 Å². The summed E-state index contributed by atoms with van der Waals surface area (Å²) in [6, 6.07) is 0. The Morgan fingerprint density at radius 1 is 1.57 bits per heavy atom. The number of ether oxygens (including phenoxy) is 1. The average Bonchev–Trinajstić information content (AvgIpc) is 2.85. The van der Waals surface area contributed by atoms with Crippen LogP contribution in [-0.2, 0) is 15.8 Å². The Hall–Kier alpha value is -1.81. The standard InChI is InChI=1S/C9H13FN5O5P/c10-8(21(17,18)19)20-3-1-2-15-6-5(12-4-13-6)7(16)14-9(15)11/h4,8H,1-3H2,(H,12,13)(H2,11,14,16)(H2,17,18,19). The minimum absolute atomic E-state index is 0.0635. The Morgan fingerprint density at radius 3 is 2.95 bits per heavy atom. The molecule has 0 saturated carbocycles. The number of aromatic nitrogens is 4. The Balaban J connectivity index is 2.03. The molecule has 21 heavy (non-hydrogen) atoms. The van der Waals surface area contributed by atoms with E-state index in [0.29, 0.717) is 5.65 Å². The van der Waals surface area contributed by atoms with Gasteiger partial charge in [0.25, 0.3) is 0 Å². The molecular formula is C9H13FN5O5P. The van der Waals surface area contributed by atoms with E-state index in [1.165, 1.54) is 10.9 Å². The lowest BCUT2D eigenvalue weighted by Crippen LogP contribution is -2.19. The van der Waals surface area contributed by atoms with Crippen molar-refractivity contribution in [2.45, 2.75) is 19.1 Å². The highest BCUT2D eigenvalue weighted by molar-refractivity contribution is 7.52. The van der Waals surface area contributed by atoms with Gasteiger partial charge in [-0.3, -0.25) is 13.9 Å². The number of nitrogens with zero attached hydrogens (tertiary/aromatic N) is 3. The third kappa shape index (κ3) is 3.45. The first-order chi connectivity index (χ1) is 9.80. The quantitative estimate of drug-likeness (QED) is 0.411. The Morgan fingerprint density at radius 2 is 2.29 bits per heavy atom. The van der Waals surface area contributed by atoms with Crippen LogP contribution in [0.4, 0.5) is 10.3 Å². The number of H-pyrrole nitrogens is 1. The minimum atomic E-state index is -4.91. The molecule has 10 nitrogen and oxygen atoms in total. The van der Waals surface area contributed by atoms with Gasteiger partial charge in [0.2, 0.25) is 5.95 Å². The number of aromatic amines is 1. The van der Waals surface area contributed by atoms with Crippen LogP contribution in [0.2, 0.25) is 0 Å². The second-order valence-corrected chi connectivity index (χ2v) is 5.72. The number of halogens is 1. The molecule has 0 aliphatic carbocycles. The van der Waals surface area contributed by atoms with Crippen molar-refractivity contribution in [1.29, 1.82) is 0 Å². The van der Waals surface area contributed by atoms with Crippen LogP contribution in [0.15, 0.2) is 11.1 Å². The molecule has 2 heterocycles. The molecule has 12 heteroatoms. The van der Waals surface area contributed by atoms with Crippen molar-refractivity contribution in [2.24, 2.45) is 0 Å². The van der Waals surface area contributed by atoms with Crippen molar-refractivity contribution in [3.05, 3.63) is 16.7 Å². The number of anilines is 1. The van der Waals surface area contributed by atoms with Gasteiger partial charge in [-0.15, -0.1) is 0 Å². The summed E-state index contributed by atoms with van der Waals surface area (Å²) in [7, 11) is -4.91. The highest BCUT2D eigenvalue weighted by Gasteiger charge is 2.29. The summed E-state index contributed by atoms with van der Waals surface area (Å²) in [6.45, 7) is -0.0574. The highest BCUT2D eigenvalue weighted by Crippen LogP contribution is 2.42. The number of nitrogen functional groups attached to an aromatic ring is 1. The number of nitrogens with two attached hydrogens (primary N) is 1. The van der Waals surface area contributed by atoms with Gasteiger partial charge in [-0.25, -0.2) is 9.37 Å². The van der Waals surface area contributed by atoms with E-state index in [1.807, 2.05) is 0 Å². The van der Waals surface area contributed by atoms with Gasteiger partial charge in [-0.2, -0.15) is 4.98 Å². The predicted molar refractivity (Wildman–Crippen MR) is 70.1 cm³/mol. The molecule has 116 valence electrons. The SMILES string of the molecule is Nc1nc(=O)c2[nH]cnc2n1CCCOC(F)P(=O)(O)O. The van der Waals surface area contributed by atoms with Crippen LogP contribution >= 0.6 is 7.60 Å². The zero-order valence-corrected chi connectivity index (χ0v) is 11.5. The number of imidazole rings is 1. The van der Waals surface area contributed by atoms with Gasteiger partial charge in [0.15, 0.2) is 11.2 Å². The van der Waals surface area contributed by atoms with Crippen LogP contribution in [0.1, 0.15) is 6.42 Å². The molecule has 2 aromatic rings. The second kappa shape index (κ2) is 5.90. The molecular weight excluding hydrogens is 308 g/mol. The number of nitrogens with one attached hydrogen (secondary N) is 1. The van der Waals surface area contributed by atoms with Gasteiger partial charge >= 0.3 is 19.3 Å². The van der Waals surface area contributed by atoms with Crippen molar-refractivity contribution >= 4 is 24.7 Å². The molecule has 1 unspecified atom stereocenters. The molecule has 0 aromatic carbocycles. The highest BCUT2D eigenvalue weighted by atomic mass is 31.2. The lowest BCUT2D eigenvalue weighted by atomic mass is 10.4. The van der Waals surface area contributed by atoms with Gasteiger partial charge in [0.1, 0.15) is 0 Å². The van der Waals surface area contributed by atoms with Crippen molar-refractivity contribution in [3.8, 4) is 0 Å². The third-order valence-corrected chi connectivity index (χ3v) is 3.31. The van der Waals surface area contributed by atoms with Gasteiger partial charge in [-0.1, -0.05) is 0 Å². The molecule has 0 bridgehead atoms. The van der Waals surface area contributed by atoms with Crippen LogP contribution in [0.3, 0.4) is 0 Å². The summed E-state index contributed by atoms with van der Waals surface area (Å²) in [4.78, 5) is 38.7. The summed E-state index contributed by atoms with van der Waals surface area (Å²) >= 11 is 0. The van der Waals surface area contributed by atoms with Crippen LogP contribution in [0.5, 0.6) is 0 Å². The van der Waals surface area contributed by atoms with Crippen LogP contribution < -0.4 is 11.3 Å². The number of hydrogen-bond acceptors (Lipinski definition) is 6. The maximum atomic E-state index is 12.9. The van der Waals surface area contributed by atoms with Crippen LogP contribution in [0.25, 0.3) is 11.2 Å². The molecule has 0 amide bonds. The van der Waals surface area contributed by atoms with E-state index in [0.717, 1.165) is 0 Å². The average molecular weight is 321 g/mol. The molecule has 5 N–H and O–H groups in total. The van der Waals surface area contributed by atoms with Crippen LogP contribution in [0, 0.1) is 0 Å². The second-order valence-electron chi connectivity index (χ2n) is 4.13. The lowest BCUT2D eigenvalue weighted by molar-refractivity contribution is 0.00100.